The highest BCUT2D eigenvalue weighted by Crippen LogP contribution is 2.26. The number of nitrogens with zero attached hydrogens (tertiary/aromatic N) is 3. The molecular formula is C24H38N4O3. The summed E-state index contributed by atoms with van der Waals surface area (Å²) in [6.07, 6.45) is 1.21. The maximum absolute atomic E-state index is 6.14. The van der Waals surface area contributed by atoms with E-state index in [0.29, 0.717) is 18.6 Å². The Hall–Kier alpha value is -1.67. The minimum absolute atomic E-state index is 0.0806. The monoisotopic (exact) mass is 430 g/mol. The summed E-state index contributed by atoms with van der Waals surface area (Å²) >= 11 is 0. The van der Waals surface area contributed by atoms with Crippen LogP contribution in [0.3, 0.4) is 0 Å². The number of hydrogen-bond acceptors (Lipinski definition) is 5. The van der Waals surface area contributed by atoms with E-state index < -0.39 is 0 Å². The second-order valence-corrected chi connectivity index (χ2v) is 8.70. The summed E-state index contributed by atoms with van der Waals surface area (Å²) in [5.41, 5.74) is 2.56. The molecule has 0 spiro atoms. The zero-order chi connectivity index (χ0) is 21.5. The summed E-state index contributed by atoms with van der Waals surface area (Å²) in [5.74, 6) is 1.55. The van der Waals surface area contributed by atoms with E-state index in [-0.39, 0.29) is 6.10 Å². The fourth-order valence-corrected chi connectivity index (χ4v) is 4.91. The average Bonchev–Trinajstić information content (AvgIpc) is 3.34. The van der Waals surface area contributed by atoms with Crippen LogP contribution in [0.5, 0.6) is 0 Å². The van der Waals surface area contributed by atoms with Gasteiger partial charge in [0.15, 0.2) is 5.96 Å². The van der Waals surface area contributed by atoms with E-state index in [4.69, 9.17) is 19.2 Å². The first kappa shape index (κ1) is 22.5. The molecule has 1 aromatic rings. The summed E-state index contributed by atoms with van der Waals surface area (Å²) in [6.45, 7) is 13.7. The molecular weight excluding hydrogens is 392 g/mol. The molecule has 3 atom stereocenters. The van der Waals surface area contributed by atoms with Crippen LogP contribution in [0.1, 0.15) is 30.6 Å². The van der Waals surface area contributed by atoms with Crippen molar-refractivity contribution < 1.29 is 14.2 Å². The minimum Gasteiger partial charge on any atom is -0.381 e. The first-order chi connectivity index (χ1) is 15.3. The average molecular weight is 431 g/mol. The van der Waals surface area contributed by atoms with Crippen LogP contribution in [0.15, 0.2) is 29.3 Å². The van der Waals surface area contributed by atoms with Gasteiger partial charge in [0.25, 0.3) is 0 Å². The summed E-state index contributed by atoms with van der Waals surface area (Å²) in [5, 5.41) is 3.53. The number of aliphatic imine (C=N–C) groups is 1. The summed E-state index contributed by atoms with van der Waals surface area (Å²) in [7, 11) is 0. The number of benzene rings is 1. The Balaban J connectivity index is 1.47. The van der Waals surface area contributed by atoms with Crippen LogP contribution >= 0.6 is 0 Å². The van der Waals surface area contributed by atoms with Gasteiger partial charge in [-0.15, -0.1) is 0 Å². The van der Waals surface area contributed by atoms with Crippen molar-refractivity contribution in [3.05, 3.63) is 35.4 Å². The Labute approximate surface area is 186 Å². The molecule has 3 heterocycles. The van der Waals surface area contributed by atoms with Gasteiger partial charge in [-0.1, -0.05) is 24.3 Å². The van der Waals surface area contributed by atoms with Gasteiger partial charge in [-0.2, -0.15) is 0 Å². The molecule has 3 fully saturated rings. The third kappa shape index (κ3) is 5.77. The van der Waals surface area contributed by atoms with Gasteiger partial charge in [0.1, 0.15) is 6.10 Å². The van der Waals surface area contributed by atoms with Crippen molar-refractivity contribution in [3.63, 3.8) is 0 Å². The summed E-state index contributed by atoms with van der Waals surface area (Å²) < 4.78 is 17.5. The fraction of sp³-hybridized carbons (Fsp3) is 0.708. The Morgan fingerprint density at radius 2 is 1.97 bits per heavy atom. The molecule has 4 rings (SSSR count). The highest BCUT2D eigenvalue weighted by Gasteiger charge is 2.32. The van der Waals surface area contributed by atoms with E-state index in [2.05, 4.69) is 53.2 Å². The van der Waals surface area contributed by atoms with Gasteiger partial charge in [-0.05, 0) is 31.4 Å². The van der Waals surface area contributed by atoms with Crippen LogP contribution in [0, 0.1) is 12.8 Å². The topological polar surface area (TPSA) is 58.6 Å². The molecule has 7 nitrogen and oxygen atoms in total. The maximum atomic E-state index is 6.14. The zero-order valence-corrected chi connectivity index (χ0v) is 19.1. The normalized spacial score (nSPS) is 26.8. The molecule has 0 radical (unpaired) electrons. The van der Waals surface area contributed by atoms with Crippen molar-refractivity contribution in [1.29, 1.82) is 0 Å². The van der Waals surface area contributed by atoms with Crippen LogP contribution in [-0.2, 0) is 14.2 Å². The number of guanidine groups is 1. The molecule has 3 unspecified atom stereocenters. The van der Waals surface area contributed by atoms with Crippen molar-refractivity contribution in [2.45, 2.75) is 32.4 Å². The Morgan fingerprint density at radius 3 is 2.71 bits per heavy atom. The smallest absolute Gasteiger partial charge is 0.194 e. The molecule has 3 saturated heterocycles. The van der Waals surface area contributed by atoms with Gasteiger partial charge in [0, 0.05) is 44.7 Å². The van der Waals surface area contributed by atoms with Crippen LogP contribution in [0.25, 0.3) is 0 Å². The molecule has 1 N–H and O–H groups in total. The molecule has 0 bridgehead atoms. The van der Waals surface area contributed by atoms with E-state index in [0.717, 1.165) is 78.1 Å². The van der Waals surface area contributed by atoms with Crippen LogP contribution in [-0.4, -0.2) is 94.1 Å². The van der Waals surface area contributed by atoms with Gasteiger partial charge < -0.3 is 24.4 Å². The zero-order valence-electron chi connectivity index (χ0n) is 19.1. The molecule has 31 heavy (non-hydrogen) atoms. The third-order valence-electron chi connectivity index (χ3n) is 6.69. The molecule has 0 saturated carbocycles. The van der Waals surface area contributed by atoms with Gasteiger partial charge in [-0.3, -0.25) is 9.89 Å². The SMILES string of the molecule is CCNC(=NCC(C1CCOC1)N1CCOCC1)N1CCOC(c2ccccc2C)C1. The number of ether oxygens (including phenoxy) is 3. The van der Waals surface area contributed by atoms with Crippen molar-refractivity contribution in [3.8, 4) is 0 Å². The van der Waals surface area contributed by atoms with Crippen molar-refractivity contribution in [1.82, 2.24) is 15.1 Å². The standard InChI is InChI=1S/C24H38N4O3/c1-3-25-24(28-11-15-31-23(17-28)21-7-5-4-6-19(21)2)26-16-22(20-8-12-30-18-20)27-9-13-29-14-10-27/h4-7,20,22-23H,3,8-18H2,1-2H3,(H,25,26). The number of hydrogen-bond donors (Lipinski definition) is 1. The van der Waals surface area contributed by atoms with E-state index >= 15 is 0 Å². The second-order valence-electron chi connectivity index (χ2n) is 8.70. The van der Waals surface area contributed by atoms with E-state index in [9.17, 15) is 0 Å². The molecule has 3 aliphatic rings. The number of aryl methyl sites for hydroxylation is 1. The van der Waals surface area contributed by atoms with Gasteiger partial charge >= 0.3 is 0 Å². The summed E-state index contributed by atoms with van der Waals surface area (Å²) in [4.78, 5) is 10.1. The molecule has 0 aliphatic carbocycles. The van der Waals surface area contributed by atoms with E-state index in [1.165, 1.54) is 11.1 Å². The van der Waals surface area contributed by atoms with Gasteiger partial charge in [-0.25, -0.2) is 0 Å². The van der Waals surface area contributed by atoms with Gasteiger partial charge in [0.05, 0.1) is 39.5 Å². The first-order valence-electron chi connectivity index (χ1n) is 11.9. The molecule has 3 aliphatic heterocycles. The highest BCUT2D eigenvalue weighted by atomic mass is 16.5. The van der Waals surface area contributed by atoms with Crippen LogP contribution in [0.2, 0.25) is 0 Å². The first-order valence-corrected chi connectivity index (χ1v) is 11.9. The lowest BCUT2D eigenvalue weighted by Crippen LogP contribution is -2.51. The summed E-state index contributed by atoms with van der Waals surface area (Å²) in [6, 6.07) is 8.94. The van der Waals surface area contributed by atoms with Crippen molar-refractivity contribution >= 4 is 5.96 Å². The minimum atomic E-state index is 0.0806. The quantitative estimate of drug-likeness (QED) is 0.551. The Morgan fingerprint density at radius 1 is 1.13 bits per heavy atom. The predicted octanol–water partition coefficient (Wildman–Crippen LogP) is 2.07. The second kappa shape index (κ2) is 11.3. The fourth-order valence-electron chi connectivity index (χ4n) is 4.91. The lowest BCUT2D eigenvalue weighted by molar-refractivity contribution is -0.00883. The number of nitrogens with one attached hydrogen (secondary N) is 1. The maximum Gasteiger partial charge on any atom is 0.194 e. The van der Waals surface area contributed by atoms with Crippen LogP contribution < -0.4 is 5.32 Å². The Kier molecular flexibility index (Phi) is 8.19. The highest BCUT2D eigenvalue weighted by molar-refractivity contribution is 5.80. The lowest BCUT2D eigenvalue weighted by atomic mass is 9.97. The van der Waals surface area contributed by atoms with E-state index in [1.807, 2.05) is 0 Å². The molecule has 7 heteroatoms. The van der Waals surface area contributed by atoms with E-state index in [1.54, 1.807) is 0 Å². The molecule has 0 aromatic heterocycles. The third-order valence-corrected chi connectivity index (χ3v) is 6.69. The molecule has 0 amide bonds. The van der Waals surface area contributed by atoms with Crippen molar-refractivity contribution in [2.24, 2.45) is 10.9 Å². The largest absolute Gasteiger partial charge is 0.381 e. The Bertz CT molecular complexity index is 717. The number of rotatable bonds is 6. The van der Waals surface area contributed by atoms with Crippen molar-refractivity contribution in [2.75, 3.05) is 72.3 Å². The number of morpholine rings is 2. The van der Waals surface area contributed by atoms with Crippen LogP contribution in [0.4, 0.5) is 0 Å². The van der Waals surface area contributed by atoms with Gasteiger partial charge in [0.2, 0.25) is 0 Å². The lowest BCUT2D eigenvalue weighted by Gasteiger charge is -2.38. The molecule has 1 aromatic carbocycles. The molecule has 172 valence electrons. The predicted molar refractivity (Wildman–Crippen MR) is 123 cm³/mol.